The van der Waals surface area contributed by atoms with Gasteiger partial charge in [-0.15, -0.1) is 216 Å². The summed E-state index contributed by atoms with van der Waals surface area (Å²) in [6, 6.07) is 148. The number of para-hydroxylation sites is 2. The Morgan fingerprint density at radius 3 is 0.836 bits per heavy atom. The molecule has 0 saturated carbocycles. The van der Waals surface area contributed by atoms with E-state index in [0.717, 1.165) is 145 Å². The van der Waals surface area contributed by atoms with Crippen molar-refractivity contribution in [1.82, 2.24) is 34.9 Å². The van der Waals surface area contributed by atoms with E-state index in [9.17, 15) is 4.79 Å². The quantitative estimate of drug-likeness (QED) is 0.0706. The van der Waals surface area contributed by atoms with Gasteiger partial charge in [0.15, 0.2) is 5.78 Å². The Morgan fingerprint density at radius 1 is 0.257 bits per heavy atom. The fraction of sp³-hybridized carbons (Fsp3) is 0.0720. The Labute approximate surface area is 874 Å². The summed E-state index contributed by atoms with van der Waals surface area (Å²) in [5.74, 6) is -0.0625. The van der Waals surface area contributed by atoms with E-state index in [1.807, 2.05) is 301 Å². The summed E-state index contributed by atoms with van der Waals surface area (Å²) in [6.45, 7) is 17.3. The monoisotopic (exact) mass is 2530 g/mol. The number of carbonyl (C=O) groups excluding carboxylic acids is 1. The number of aliphatic hydroxyl groups is 1. The number of aryl methyl sites for hydroxylation is 7. The number of furan rings is 2. The molecule has 0 bridgehead atoms. The Bertz CT molecular complexity index is 7150. The molecule has 22 rings (SSSR count). The van der Waals surface area contributed by atoms with E-state index >= 15 is 0 Å². The molecule has 0 saturated heterocycles. The summed E-state index contributed by atoms with van der Waals surface area (Å²) in [7, 11) is 0. The Kier molecular flexibility index (Phi) is 40.3. The average Bonchev–Trinajstić information content (AvgIpc) is 1.61. The molecule has 0 unspecified atom stereocenters. The van der Waals surface area contributed by atoms with E-state index in [0.29, 0.717) is 0 Å². The zero-order valence-electron chi connectivity index (χ0n) is 78.6. The number of fused-ring (bicyclic) bond motifs is 6. The third-order valence-corrected chi connectivity index (χ3v) is 22.0. The summed E-state index contributed by atoms with van der Waals surface area (Å²) in [6.07, 6.45) is 14.4. The second-order valence-electron chi connectivity index (χ2n) is 32.3. The molecule has 0 amide bonds. The van der Waals surface area contributed by atoms with Crippen molar-refractivity contribution in [2.24, 2.45) is 0 Å². The number of nitrogens with zero attached hydrogens (tertiary/aromatic N) is 7. The predicted octanol–water partition coefficient (Wildman–Crippen LogP) is 31.5. The van der Waals surface area contributed by atoms with Crippen molar-refractivity contribution in [2.75, 3.05) is 0 Å². The van der Waals surface area contributed by atoms with Gasteiger partial charge in [0.05, 0.1) is 16.9 Å². The minimum absolute atomic E-state index is 0. The van der Waals surface area contributed by atoms with Gasteiger partial charge in [0.1, 0.15) is 11.2 Å². The number of allylic oxidation sites excluding steroid dienone is 2. The molecule has 9 aromatic heterocycles. The van der Waals surface area contributed by atoms with Gasteiger partial charge in [-0.3, -0.25) is 4.79 Å². The van der Waals surface area contributed by atoms with Crippen LogP contribution in [-0.4, -0.2) is 45.8 Å². The van der Waals surface area contributed by atoms with Gasteiger partial charge in [-0.05, 0) is 187 Å². The number of pyridine rings is 7. The number of aromatic nitrogens is 7. The molecule has 0 atom stereocenters. The van der Waals surface area contributed by atoms with Crippen LogP contribution in [0.15, 0.2) is 440 Å². The summed E-state index contributed by atoms with van der Waals surface area (Å²) in [5, 5.41) is 12.8. The minimum Gasteiger partial charge on any atom is -0.512 e. The zero-order valence-corrected chi connectivity index (χ0v) is 88.1. The molecule has 0 aliphatic rings. The van der Waals surface area contributed by atoms with E-state index in [1.54, 1.807) is 0 Å². The first kappa shape index (κ1) is 106. The molecule has 22 aromatic rings. The van der Waals surface area contributed by atoms with Crippen LogP contribution in [0, 0.1) is 90.9 Å². The fourth-order valence-electron chi connectivity index (χ4n) is 15.1. The van der Waals surface area contributed by atoms with Crippen LogP contribution in [0.1, 0.15) is 52.8 Å². The van der Waals surface area contributed by atoms with Crippen molar-refractivity contribution in [3.63, 3.8) is 0 Å². The van der Waals surface area contributed by atoms with Crippen LogP contribution in [0.25, 0.3) is 167 Å². The first-order chi connectivity index (χ1) is 66.5. The number of ketones is 1. The largest absolute Gasteiger partial charge is 0.512 e. The molecule has 0 aliphatic heterocycles. The molecular weight excluding hydrogens is 2430 g/mol. The predicted molar refractivity (Wildman–Crippen MR) is 556 cm³/mol. The maximum absolute atomic E-state index is 10.0. The number of benzene rings is 13. The van der Waals surface area contributed by atoms with E-state index < -0.39 is 0 Å². The molecule has 1 N–H and O–H groups in total. The summed E-state index contributed by atoms with van der Waals surface area (Å²) >= 11 is 0. The third kappa shape index (κ3) is 28.8. The first-order valence-corrected chi connectivity index (χ1v) is 44.8. The van der Waals surface area contributed by atoms with Crippen LogP contribution < -0.4 is 0 Å². The topological polar surface area (TPSA) is 154 Å². The van der Waals surface area contributed by atoms with Gasteiger partial charge >= 0.3 is 0 Å². The van der Waals surface area contributed by atoms with Gasteiger partial charge in [0.2, 0.25) is 0 Å². The Balaban J connectivity index is 0.000000156. The van der Waals surface area contributed by atoms with Crippen molar-refractivity contribution < 1.29 is 99.2 Å². The van der Waals surface area contributed by atoms with E-state index in [2.05, 4.69) is 245 Å². The van der Waals surface area contributed by atoms with Crippen molar-refractivity contribution >= 4 is 49.7 Å². The number of hydrogen-bond donors (Lipinski definition) is 1. The Hall–Kier alpha value is -14.7. The first-order valence-electron chi connectivity index (χ1n) is 44.8. The van der Waals surface area contributed by atoms with Crippen LogP contribution in [0.4, 0.5) is 0 Å². The molecule has 11 nitrogen and oxygen atoms in total. The molecule has 0 aliphatic carbocycles. The molecule has 140 heavy (non-hydrogen) atoms. The molecular formula is C125H98Ir4N7O4-7. The molecule has 0 fully saturated rings. The molecule has 15 heteroatoms. The van der Waals surface area contributed by atoms with Crippen molar-refractivity contribution in [1.29, 1.82) is 0 Å². The summed E-state index contributed by atoms with van der Waals surface area (Å²) in [4.78, 5) is 41.3. The van der Waals surface area contributed by atoms with E-state index in [4.69, 9.17) is 13.9 Å². The molecule has 4 radical (unpaired) electrons. The number of hydrogen-bond acceptors (Lipinski definition) is 11. The Morgan fingerprint density at radius 2 is 0.557 bits per heavy atom. The molecule has 9 heterocycles. The van der Waals surface area contributed by atoms with Crippen LogP contribution in [0.3, 0.4) is 0 Å². The smallest absolute Gasteiger partial charge is 0.155 e. The van der Waals surface area contributed by atoms with Crippen molar-refractivity contribution in [2.45, 2.75) is 62.3 Å². The van der Waals surface area contributed by atoms with Gasteiger partial charge in [-0.1, -0.05) is 240 Å². The summed E-state index contributed by atoms with van der Waals surface area (Å²) < 4.78 is 12.5. The second kappa shape index (κ2) is 53.3. The number of aliphatic hydroxyl groups excluding tert-OH is 1. The van der Waals surface area contributed by atoms with Crippen LogP contribution in [0.2, 0.25) is 0 Å². The maximum Gasteiger partial charge on any atom is 0.155 e. The third-order valence-electron chi connectivity index (χ3n) is 22.0. The second-order valence-corrected chi connectivity index (χ2v) is 32.3. The van der Waals surface area contributed by atoms with Crippen LogP contribution >= 0.6 is 0 Å². The molecule has 0 spiro atoms. The molecule has 700 valence electrons. The van der Waals surface area contributed by atoms with Crippen LogP contribution in [0.5, 0.6) is 0 Å². The van der Waals surface area contributed by atoms with Gasteiger partial charge in [-0.2, -0.15) is 0 Å². The maximum atomic E-state index is 10.0. The standard InChI is InChI=1S/2C24H16NO.2C18H14N.3C12H10N.C5H8O2.4Ir/c2*1-16-7-5-10-19-20-11-6-12-21(24(20)26-23(16)19)22-15-18(13-14-25-22)17-8-3-2-4-9-17;2*1-14-12-18(16-10-6-3-7-11-16)19-13-17(14)15-8-4-2-5-9-15;3*1-10-7-8-12(13-9-10)11-5-3-2-4-6-11;1-4(6)3-5(2)7;;;;/h2*2-11,13-15H,1H3;2*2-10,12-13H,1H3;3*2-5,7-9H,1H3;3,6H,1-2H3;;;;/q7*-1;;;;;. The number of carbonyl (C=O) groups is 1. The minimum atomic E-state index is -0.125. The normalized spacial score (nSPS) is 10.3. The van der Waals surface area contributed by atoms with Gasteiger partial charge in [-0.25, -0.2) is 0 Å². The summed E-state index contributed by atoms with van der Waals surface area (Å²) in [5.41, 5.74) is 34.8. The van der Waals surface area contributed by atoms with Crippen molar-refractivity contribution in [3.05, 3.63) is 513 Å². The van der Waals surface area contributed by atoms with Crippen molar-refractivity contribution in [3.8, 4) is 123 Å². The van der Waals surface area contributed by atoms with E-state index in [-0.39, 0.29) is 92.0 Å². The van der Waals surface area contributed by atoms with E-state index in [1.165, 1.54) is 81.1 Å². The van der Waals surface area contributed by atoms with Gasteiger partial charge < -0.3 is 48.8 Å². The van der Waals surface area contributed by atoms with Crippen LogP contribution in [-0.2, 0) is 85.2 Å². The number of rotatable bonds is 12. The average molecular weight is 2530 g/mol. The SMILES string of the molecule is CC(=O)C=C(C)O.Cc1cc(-c2[c-]cccc2)ncc1-c1ccccc1.Cc1cc(-c2[c-]cccc2)ncc1-c1ccccc1.Cc1ccc(-c2[c-]cccc2)nc1.Cc1ccc(-c2[c-]cccc2)nc1.Cc1ccc(-c2[c-]cccc2)nc1.Cc1cccc2c1oc1c(-c3cc(-c4ccccc4)ccn3)[c-]ccc12.Cc1cccc2c1oc1c(-c3cc(-c4ccccc4)ccn3)[c-]ccc12.[Ir].[Ir].[Ir].[Ir]. The fourth-order valence-corrected chi connectivity index (χ4v) is 15.1. The molecule has 13 aromatic carbocycles. The van der Waals surface area contributed by atoms with Gasteiger partial charge in [0.25, 0.3) is 0 Å². The van der Waals surface area contributed by atoms with Gasteiger partial charge in [0, 0.05) is 152 Å². The zero-order chi connectivity index (χ0) is 94.3.